The maximum atomic E-state index is 4.47. The van der Waals surface area contributed by atoms with Crippen LogP contribution in [-0.4, -0.2) is 60.2 Å². The second kappa shape index (κ2) is 6.06. The van der Waals surface area contributed by atoms with Crippen molar-refractivity contribution in [1.82, 2.24) is 20.2 Å². The lowest BCUT2D eigenvalue weighted by Gasteiger charge is -2.32. The van der Waals surface area contributed by atoms with Gasteiger partial charge in [-0.15, -0.1) is 0 Å². The van der Waals surface area contributed by atoms with Gasteiger partial charge >= 0.3 is 0 Å². The summed E-state index contributed by atoms with van der Waals surface area (Å²) in [6.07, 6.45) is 2.96. The van der Waals surface area contributed by atoms with E-state index in [0.29, 0.717) is 12.0 Å². The number of hydrogen-bond acceptors (Lipinski definition) is 5. The maximum Gasteiger partial charge on any atom is 0.132 e. The SMILES string of the molecule is CC(C)c1cc(N2CCC(N3CCNCC3)C2)ncn1. The van der Waals surface area contributed by atoms with Crippen molar-refractivity contribution in [2.45, 2.75) is 32.2 Å². The van der Waals surface area contributed by atoms with Gasteiger partial charge in [0, 0.05) is 57.1 Å². The number of nitrogens with one attached hydrogen (secondary N) is 1. The normalized spacial score (nSPS) is 24.6. The van der Waals surface area contributed by atoms with Gasteiger partial charge in [-0.05, 0) is 12.3 Å². The van der Waals surface area contributed by atoms with Gasteiger partial charge in [0.05, 0.1) is 0 Å². The second-order valence-corrected chi connectivity index (χ2v) is 6.13. The minimum Gasteiger partial charge on any atom is -0.355 e. The molecule has 3 rings (SSSR count). The van der Waals surface area contributed by atoms with Gasteiger partial charge in [-0.2, -0.15) is 0 Å². The van der Waals surface area contributed by atoms with Gasteiger partial charge in [0.2, 0.25) is 0 Å². The summed E-state index contributed by atoms with van der Waals surface area (Å²) in [4.78, 5) is 13.9. The van der Waals surface area contributed by atoms with Gasteiger partial charge in [0.25, 0.3) is 0 Å². The molecular weight excluding hydrogens is 250 g/mol. The lowest BCUT2D eigenvalue weighted by molar-refractivity contribution is 0.185. The summed E-state index contributed by atoms with van der Waals surface area (Å²) in [6.45, 7) is 11.2. The smallest absolute Gasteiger partial charge is 0.132 e. The van der Waals surface area contributed by atoms with Crippen molar-refractivity contribution >= 4 is 5.82 Å². The molecule has 1 aromatic heterocycles. The lowest BCUT2D eigenvalue weighted by atomic mass is 10.1. The summed E-state index contributed by atoms with van der Waals surface area (Å²) in [5.74, 6) is 1.56. The quantitative estimate of drug-likeness (QED) is 0.894. The van der Waals surface area contributed by atoms with Crippen molar-refractivity contribution in [3.8, 4) is 0 Å². The van der Waals surface area contributed by atoms with Crippen molar-refractivity contribution in [3.05, 3.63) is 18.1 Å². The summed E-state index contributed by atoms with van der Waals surface area (Å²) >= 11 is 0. The molecule has 2 fully saturated rings. The van der Waals surface area contributed by atoms with Gasteiger partial charge in [0.1, 0.15) is 12.1 Å². The zero-order valence-corrected chi connectivity index (χ0v) is 12.5. The van der Waals surface area contributed by atoms with Crippen molar-refractivity contribution in [2.24, 2.45) is 0 Å². The van der Waals surface area contributed by atoms with Gasteiger partial charge in [0.15, 0.2) is 0 Å². The zero-order chi connectivity index (χ0) is 13.9. The summed E-state index contributed by atoms with van der Waals surface area (Å²) in [6, 6.07) is 2.85. The minimum atomic E-state index is 0.461. The molecule has 1 aromatic rings. The molecule has 0 aliphatic carbocycles. The Labute approximate surface area is 121 Å². The van der Waals surface area contributed by atoms with Crippen molar-refractivity contribution in [2.75, 3.05) is 44.2 Å². The van der Waals surface area contributed by atoms with E-state index in [1.165, 1.54) is 19.5 Å². The molecule has 5 heteroatoms. The van der Waals surface area contributed by atoms with E-state index < -0.39 is 0 Å². The van der Waals surface area contributed by atoms with Crippen LogP contribution in [0.3, 0.4) is 0 Å². The van der Waals surface area contributed by atoms with Crippen LogP contribution in [0.15, 0.2) is 12.4 Å². The highest BCUT2D eigenvalue weighted by Gasteiger charge is 2.29. The number of aromatic nitrogens is 2. The highest BCUT2D eigenvalue weighted by molar-refractivity contribution is 5.41. The Morgan fingerprint density at radius 2 is 2.00 bits per heavy atom. The van der Waals surface area contributed by atoms with E-state index in [1.54, 1.807) is 6.33 Å². The number of anilines is 1. The van der Waals surface area contributed by atoms with Crippen molar-refractivity contribution < 1.29 is 0 Å². The largest absolute Gasteiger partial charge is 0.355 e. The molecule has 0 radical (unpaired) electrons. The molecule has 0 saturated carbocycles. The second-order valence-electron chi connectivity index (χ2n) is 6.13. The number of piperazine rings is 1. The highest BCUT2D eigenvalue weighted by atomic mass is 15.3. The Bertz CT molecular complexity index is 442. The predicted octanol–water partition coefficient (Wildman–Crippen LogP) is 1.08. The summed E-state index contributed by atoms with van der Waals surface area (Å²) < 4.78 is 0. The van der Waals surface area contributed by atoms with Crippen LogP contribution in [0.5, 0.6) is 0 Å². The van der Waals surface area contributed by atoms with Gasteiger partial charge in [-0.3, -0.25) is 4.90 Å². The minimum absolute atomic E-state index is 0.461. The Morgan fingerprint density at radius 1 is 1.20 bits per heavy atom. The predicted molar refractivity (Wildman–Crippen MR) is 81.2 cm³/mol. The van der Waals surface area contributed by atoms with Gasteiger partial charge in [-0.1, -0.05) is 13.8 Å². The molecule has 0 bridgehead atoms. The molecule has 2 saturated heterocycles. The Kier molecular flexibility index (Phi) is 4.17. The van der Waals surface area contributed by atoms with E-state index in [-0.39, 0.29) is 0 Å². The molecule has 1 N–H and O–H groups in total. The first kappa shape index (κ1) is 13.8. The molecular formula is C15H25N5. The van der Waals surface area contributed by atoms with Crippen LogP contribution in [0.25, 0.3) is 0 Å². The fourth-order valence-corrected chi connectivity index (χ4v) is 3.15. The first-order valence-corrected chi connectivity index (χ1v) is 7.75. The first-order chi connectivity index (χ1) is 9.74. The molecule has 2 aliphatic heterocycles. The first-order valence-electron chi connectivity index (χ1n) is 7.75. The highest BCUT2D eigenvalue weighted by Crippen LogP contribution is 2.23. The lowest BCUT2D eigenvalue weighted by Crippen LogP contribution is -2.49. The van der Waals surface area contributed by atoms with Crippen LogP contribution >= 0.6 is 0 Å². The van der Waals surface area contributed by atoms with E-state index in [0.717, 1.165) is 37.7 Å². The van der Waals surface area contributed by atoms with E-state index in [4.69, 9.17) is 0 Å². The average molecular weight is 275 g/mol. The van der Waals surface area contributed by atoms with Crippen LogP contribution in [0, 0.1) is 0 Å². The third-order valence-electron chi connectivity index (χ3n) is 4.42. The fourth-order valence-electron chi connectivity index (χ4n) is 3.15. The Morgan fingerprint density at radius 3 is 2.75 bits per heavy atom. The molecule has 5 nitrogen and oxygen atoms in total. The van der Waals surface area contributed by atoms with E-state index in [9.17, 15) is 0 Å². The monoisotopic (exact) mass is 275 g/mol. The molecule has 0 aromatic carbocycles. The molecule has 2 aliphatic rings. The van der Waals surface area contributed by atoms with Gasteiger partial charge in [-0.25, -0.2) is 9.97 Å². The van der Waals surface area contributed by atoms with Crippen LogP contribution < -0.4 is 10.2 Å². The topological polar surface area (TPSA) is 44.3 Å². The molecule has 3 heterocycles. The van der Waals surface area contributed by atoms with Crippen LogP contribution in [0.2, 0.25) is 0 Å². The fraction of sp³-hybridized carbons (Fsp3) is 0.733. The molecule has 0 spiro atoms. The Balaban J connectivity index is 1.65. The molecule has 20 heavy (non-hydrogen) atoms. The van der Waals surface area contributed by atoms with Crippen molar-refractivity contribution in [1.29, 1.82) is 0 Å². The third-order valence-corrected chi connectivity index (χ3v) is 4.42. The van der Waals surface area contributed by atoms with Gasteiger partial charge < -0.3 is 10.2 Å². The maximum absolute atomic E-state index is 4.47. The molecule has 110 valence electrons. The summed E-state index contributed by atoms with van der Waals surface area (Å²) in [7, 11) is 0. The Hall–Kier alpha value is -1.20. The van der Waals surface area contributed by atoms with E-state index in [2.05, 4.69) is 45.0 Å². The van der Waals surface area contributed by atoms with Crippen molar-refractivity contribution in [3.63, 3.8) is 0 Å². The number of nitrogens with zero attached hydrogens (tertiary/aromatic N) is 4. The van der Waals surface area contributed by atoms with Crippen LogP contribution in [0.1, 0.15) is 31.9 Å². The third kappa shape index (κ3) is 2.94. The standard InChI is InChI=1S/C15H25N5/c1-12(2)14-9-15(18-11-17-14)20-6-3-13(10-20)19-7-4-16-5-8-19/h9,11-13,16H,3-8,10H2,1-2H3. The zero-order valence-electron chi connectivity index (χ0n) is 12.5. The van der Waals surface area contributed by atoms with E-state index >= 15 is 0 Å². The average Bonchev–Trinajstić information content (AvgIpc) is 2.98. The molecule has 1 unspecified atom stereocenters. The summed E-state index contributed by atoms with van der Waals surface area (Å²) in [5, 5.41) is 3.43. The molecule has 1 atom stereocenters. The van der Waals surface area contributed by atoms with E-state index in [1.807, 2.05) is 0 Å². The number of rotatable bonds is 3. The molecule has 0 amide bonds. The van der Waals surface area contributed by atoms with Crippen LogP contribution in [0.4, 0.5) is 5.82 Å². The number of hydrogen-bond donors (Lipinski definition) is 1. The van der Waals surface area contributed by atoms with Crippen LogP contribution in [-0.2, 0) is 0 Å². The summed E-state index contributed by atoms with van der Waals surface area (Å²) in [5.41, 5.74) is 1.14.